The average molecular weight is 468 g/mol. The van der Waals surface area contributed by atoms with Crippen LogP contribution in [0.1, 0.15) is 29.5 Å². The van der Waals surface area contributed by atoms with Crippen LogP contribution in [0.5, 0.6) is 0 Å². The Labute approximate surface area is 171 Å². The van der Waals surface area contributed by atoms with Crippen LogP contribution >= 0.6 is 24.0 Å². The largest absolute Gasteiger partial charge is 0.356 e. The first kappa shape index (κ1) is 21.9. The molecule has 0 aromatic heterocycles. The van der Waals surface area contributed by atoms with E-state index in [1.807, 2.05) is 0 Å². The number of hydrogen-bond donors (Lipinski definition) is 2. The molecule has 1 unspecified atom stereocenters. The molecule has 140 valence electrons. The van der Waals surface area contributed by atoms with Crippen molar-refractivity contribution in [3.63, 3.8) is 0 Å². The standard InChI is InChI=1S/C19H24N4O2.HI/c1-14-8-10-16(11-9-14)15(2)12-21-19(20-3)22-13-17-6-4-5-7-18(17)23(24)25;/h4-11,15H,12-13H2,1-3H3,(H2,20,21,22);1H. The lowest BCUT2D eigenvalue weighted by Crippen LogP contribution is -2.38. The van der Waals surface area contributed by atoms with Crippen LogP contribution in [-0.4, -0.2) is 24.5 Å². The lowest BCUT2D eigenvalue weighted by molar-refractivity contribution is -0.385. The van der Waals surface area contributed by atoms with Crippen LogP contribution in [0.15, 0.2) is 53.5 Å². The summed E-state index contributed by atoms with van der Waals surface area (Å²) in [6.07, 6.45) is 0. The third kappa shape index (κ3) is 6.29. The molecule has 0 amide bonds. The van der Waals surface area contributed by atoms with Crippen molar-refractivity contribution in [3.8, 4) is 0 Å². The van der Waals surface area contributed by atoms with Gasteiger partial charge in [-0.1, -0.05) is 55.0 Å². The molecule has 2 aromatic rings. The third-order valence-electron chi connectivity index (χ3n) is 4.08. The van der Waals surface area contributed by atoms with Gasteiger partial charge in [-0.3, -0.25) is 15.1 Å². The lowest BCUT2D eigenvalue weighted by Gasteiger charge is -2.16. The van der Waals surface area contributed by atoms with Crippen molar-refractivity contribution in [2.75, 3.05) is 13.6 Å². The van der Waals surface area contributed by atoms with Crippen molar-refractivity contribution in [3.05, 3.63) is 75.3 Å². The predicted molar refractivity (Wildman–Crippen MR) is 116 cm³/mol. The number of aliphatic imine (C=N–C) groups is 1. The fraction of sp³-hybridized carbons (Fsp3) is 0.316. The number of halogens is 1. The van der Waals surface area contributed by atoms with Gasteiger partial charge in [0.25, 0.3) is 5.69 Å². The number of rotatable bonds is 6. The van der Waals surface area contributed by atoms with E-state index in [1.165, 1.54) is 17.2 Å². The van der Waals surface area contributed by atoms with Crippen LogP contribution < -0.4 is 10.6 Å². The van der Waals surface area contributed by atoms with Gasteiger partial charge in [-0.15, -0.1) is 24.0 Å². The molecule has 2 rings (SSSR count). The second-order valence-corrected chi connectivity index (χ2v) is 6.00. The summed E-state index contributed by atoms with van der Waals surface area (Å²) in [5.41, 5.74) is 3.23. The topological polar surface area (TPSA) is 79.6 Å². The SMILES string of the molecule is CN=C(NCc1ccccc1[N+](=O)[O-])NCC(C)c1ccc(C)cc1.I. The van der Waals surface area contributed by atoms with E-state index < -0.39 is 0 Å². The zero-order valence-corrected chi connectivity index (χ0v) is 17.6. The Balaban J connectivity index is 0.00000338. The molecule has 0 saturated heterocycles. The van der Waals surface area contributed by atoms with Gasteiger partial charge >= 0.3 is 0 Å². The molecule has 6 nitrogen and oxygen atoms in total. The van der Waals surface area contributed by atoms with Crippen molar-refractivity contribution in [1.82, 2.24) is 10.6 Å². The maximum Gasteiger partial charge on any atom is 0.274 e. The monoisotopic (exact) mass is 468 g/mol. The molecular formula is C19H25IN4O2. The molecule has 26 heavy (non-hydrogen) atoms. The van der Waals surface area contributed by atoms with E-state index in [-0.39, 0.29) is 34.6 Å². The van der Waals surface area contributed by atoms with E-state index in [0.717, 1.165) is 6.54 Å². The highest BCUT2D eigenvalue weighted by Crippen LogP contribution is 2.17. The first-order valence-corrected chi connectivity index (χ1v) is 8.24. The summed E-state index contributed by atoms with van der Waals surface area (Å²) >= 11 is 0. The summed E-state index contributed by atoms with van der Waals surface area (Å²) in [4.78, 5) is 14.9. The highest BCUT2D eigenvalue weighted by Gasteiger charge is 2.12. The maximum atomic E-state index is 11.1. The van der Waals surface area contributed by atoms with E-state index in [1.54, 1.807) is 25.2 Å². The van der Waals surface area contributed by atoms with Crippen LogP contribution in [0.25, 0.3) is 0 Å². The molecule has 1 atom stereocenters. The van der Waals surface area contributed by atoms with E-state index in [9.17, 15) is 10.1 Å². The molecule has 0 aliphatic rings. The maximum absolute atomic E-state index is 11.1. The molecule has 0 aliphatic carbocycles. The molecule has 2 aromatic carbocycles. The molecule has 0 aliphatic heterocycles. The Morgan fingerprint density at radius 3 is 2.42 bits per heavy atom. The number of para-hydroxylation sites is 1. The van der Waals surface area contributed by atoms with E-state index >= 15 is 0 Å². The number of aryl methyl sites for hydroxylation is 1. The van der Waals surface area contributed by atoms with Crippen molar-refractivity contribution >= 4 is 35.6 Å². The van der Waals surface area contributed by atoms with Gasteiger partial charge in [-0.2, -0.15) is 0 Å². The van der Waals surface area contributed by atoms with Gasteiger partial charge in [0.15, 0.2) is 5.96 Å². The minimum atomic E-state index is -0.368. The van der Waals surface area contributed by atoms with Gasteiger partial charge in [-0.05, 0) is 18.4 Å². The fourth-order valence-electron chi connectivity index (χ4n) is 2.50. The van der Waals surface area contributed by atoms with E-state index in [2.05, 4.69) is 53.7 Å². The quantitative estimate of drug-likeness (QED) is 0.221. The van der Waals surface area contributed by atoms with Crippen molar-refractivity contribution in [2.24, 2.45) is 4.99 Å². The lowest BCUT2D eigenvalue weighted by atomic mass is 10.0. The Hall–Kier alpha value is -2.16. The normalized spacial score (nSPS) is 12.0. The zero-order valence-electron chi connectivity index (χ0n) is 15.2. The summed E-state index contributed by atoms with van der Waals surface area (Å²) in [7, 11) is 1.69. The molecule has 2 N–H and O–H groups in total. The van der Waals surface area contributed by atoms with Gasteiger partial charge in [0.2, 0.25) is 0 Å². The molecule has 0 radical (unpaired) electrons. The third-order valence-corrected chi connectivity index (χ3v) is 4.08. The Morgan fingerprint density at radius 1 is 1.15 bits per heavy atom. The summed E-state index contributed by atoms with van der Waals surface area (Å²) in [5.74, 6) is 0.947. The van der Waals surface area contributed by atoms with Gasteiger partial charge in [0.1, 0.15) is 0 Å². The van der Waals surface area contributed by atoms with Crippen LogP contribution in [0.4, 0.5) is 5.69 Å². The number of nitro benzene ring substituents is 1. The van der Waals surface area contributed by atoms with Gasteiger partial charge in [0.05, 0.1) is 4.92 Å². The van der Waals surface area contributed by atoms with Crippen LogP contribution in [0.2, 0.25) is 0 Å². The van der Waals surface area contributed by atoms with Crippen LogP contribution in [0.3, 0.4) is 0 Å². The molecule has 0 fully saturated rings. The number of guanidine groups is 1. The van der Waals surface area contributed by atoms with Gasteiger partial charge in [-0.25, -0.2) is 0 Å². The number of benzene rings is 2. The van der Waals surface area contributed by atoms with E-state index in [4.69, 9.17) is 0 Å². The van der Waals surface area contributed by atoms with Crippen molar-refractivity contribution in [2.45, 2.75) is 26.3 Å². The summed E-state index contributed by atoms with van der Waals surface area (Å²) in [6, 6.07) is 15.2. The number of nitrogens with one attached hydrogen (secondary N) is 2. The van der Waals surface area contributed by atoms with E-state index in [0.29, 0.717) is 24.0 Å². The smallest absolute Gasteiger partial charge is 0.274 e. The predicted octanol–water partition coefficient (Wildman–Crippen LogP) is 3.99. The van der Waals surface area contributed by atoms with Gasteiger partial charge in [0, 0.05) is 31.8 Å². The second kappa shape index (κ2) is 10.7. The summed E-state index contributed by atoms with van der Waals surface area (Å²) < 4.78 is 0. The number of hydrogen-bond acceptors (Lipinski definition) is 3. The Bertz CT molecular complexity index is 747. The first-order valence-electron chi connectivity index (χ1n) is 8.24. The molecule has 0 heterocycles. The minimum absolute atomic E-state index is 0. The molecule has 7 heteroatoms. The molecule has 0 bridgehead atoms. The Kier molecular flexibility index (Phi) is 9.04. The van der Waals surface area contributed by atoms with Crippen LogP contribution in [0, 0.1) is 17.0 Å². The Morgan fingerprint density at radius 2 is 1.81 bits per heavy atom. The summed E-state index contributed by atoms with van der Waals surface area (Å²) in [5, 5.41) is 17.5. The summed E-state index contributed by atoms with van der Waals surface area (Å²) in [6.45, 7) is 5.28. The second-order valence-electron chi connectivity index (χ2n) is 6.00. The van der Waals surface area contributed by atoms with Crippen molar-refractivity contribution < 1.29 is 4.92 Å². The van der Waals surface area contributed by atoms with Crippen LogP contribution in [-0.2, 0) is 6.54 Å². The fourth-order valence-corrected chi connectivity index (χ4v) is 2.50. The first-order chi connectivity index (χ1) is 12.0. The minimum Gasteiger partial charge on any atom is -0.356 e. The number of nitro groups is 1. The highest BCUT2D eigenvalue weighted by molar-refractivity contribution is 14.0. The zero-order chi connectivity index (χ0) is 18.2. The molecular weight excluding hydrogens is 443 g/mol. The van der Waals surface area contributed by atoms with Crippen molar-refractivity contribution in [1.29, 1.82) is 0 Å². The molecule has 0 spiro atoms. The average Bonchev–Trinajstić information content (AvgIpc) is 2.62. The van der Waals surface area contributed by atoms with Gasteiger partial charge < -0.3 is 10.6 Å². The number of nitrogens with zero attached hydrogens (tertiary/aromatic N) is 2. The molecule has 0 saturated carbocycles. The highest BCUT2D eigenvalue weighted by atomic mass is 127.